The number of sulfone groups is 1. The molecule has 0 aromatic heterocycles. The maximum atomic E-state index is 12.2. The number of ether oxygens (including phenoxy) is 1. The fraction of sp³-hybridized carbons (Fsp3) is 0.231. The van der Waals surface area contributed by atoms with Gasteiger partial charge in [-0.05, 0) is 37.1 Å². The fourth-order valence-corrected chi connectivity index (χ4v) is 3.44. The summed E-state index contributed by atoms with van der Waals surface area (Å²) in [5.74, 6) is -2.28. The highest BCUT2D eigenvalue weighted by molar-refractivity contribution is 7.97. The van der Waals surface area contributed by atoms with E-state index in [-0.39, 0.29) is 11.5 Å². The Morgan fingerprint density at radius 3 is 2.58 bits per heavy atom. The molecule has 0 spiro atoms. The number of carbonyl (C=O) groups is 2. The number of carbonyl (C=O) groups excluding carboxylic acids is 2. The van der Waals surface area contributed by atoms with Gasteiger partial charge in [-0.15, -0.1) is 0 Å². The first-order chi connectivity index (χ1) is 8.87. The van der Waals surface area contributed by atoms with Crippen LogP contribution in [0, 0.1) is 6.92 Å². The highest BCUT2D eigenvalue weighted by Crippen LogP contribution is 2.33. The smallest absolute Gasteiger partial charge is 0.380 e. The van der Waals surface area contributed by atoms with Gasteiger partial charge in [0.1, 0.15) is 4.91 Å². The first kappa shape index (κ1) is 13.5. The number of fused-ring (bicyclic) bond motifs is 1. The van der Waals surface area contributed by atoms with Crippen LogP contribution >= 0.6 is 0 Å². The third-order valence-electron chi connectivity index (χ3n) is 2.72. The van der Waals surface area contributed by atoms with Crippen LogP contribution in [0.5, 0.6) is 0 Å². The molecule has 1 aromatic rings. The molecule has 5 nitrogen and oxygen atoms in total. The molecule has 0 radical (unpaired) electrons. The van der Waals surface area contributed by atoms with Crippen molar-refractivity contribution in [2.45, 2.75) is 18.7 Å². The highest BCUT2D eigenvalue weighted by atomic mass is 32.2. The number of rotatable bonds is 3. The summed E-state index contributed by atoms with van der Waals surface area (Å²) >= 11 is 0. The van der Waals surface area contributed by atoms with E-state index in [1.54, 1.807) is 26.0 Å². The van der Waals surface area contributed by atoms with Crippen LogP contribution in [0.25, 0.3) is 6.08 Å². The second-order valence-electron chi connectivity index (χ2n) is 4.10. The number of hydrogen-bond acceptors (Lipinski definition) is 5. The lowest BCUT2D eigenvalue weighted by Crippen LogP contribution is -2.22. The Labute approximate surface area is 110 Å². The molecule has 0 unspecified atom stereocenters. The van der Waals surface area contributed by atoms with Crippen molar-refractivity contribution in [2.24, 2.45) is 0 Å². The number of esters is 1. The van der Waals surface area contributed by atoms with Crippen LogP contribution in [-0.2, 0) is 24.2 Å². The predicted octanol–water partition coefficient (Wildman–Crippen LogP) is 1.26. The first-order valence-electron chi connectivity index (χ1n) is 5.67. The maximum absolute atomic E-state index is 12.2. The minimum Gasteiger partial charge on any atom is -0.460 e. The molecule has 0 fully saturated rings. The lowest BCUT2D eigenvalue weighted by molar-refractivity contribution is -0.151. The molecule has 0 saturated carbocycles. The Morgan fingerprint density at radius 2 is 1.95 bits per heavy atom. The average molecular weight is 280 g/mol. The Balaban J connectivity index is 2.47. The number of Topliss-reactive ketones (excluding diaryl/α,β-unsaturated/α-hetero) is 1. The van der Waals surface area contributed by atoms with E-state index < -0.39 is 26.5 Å². The Kier molecular flexibility index (Phi) is 3.28. The molecule has 0 N–H and O–H groups in total. The van der Waals surface area contributed by atoms with Crippen LogP contribution in [0.4, 0.5) is 0 Å². The number of aryl methyl sites for hydroxylation is 1. The van der Waals surface area contributed by atoms with Crippen molar-refractivity contribution in [2.75, 3.05) is 6.61 Å². The van der Waals surface area contributed by atoms with Gasteiger partial charge in [-0.3, -0.25) is 4.79 Å². The van der Waals surface area contributed by atoms with E-state index in [0.717, 1.165) is 5.56 Å². The van der Waals surface area contributed by atoms with Crippen LogP contribution < -0.4 is 0 Å². The highest BCUT2D eigenvalue weighted by Gasteiger charge is 2.37. The summed E-state index contributed by atoms with van der Waals surface area (Å²) in [5, 5.41) is 0. The minimum absolute atomic E-state index is 0.0178. The van der Waals surface area contributed by atoms with E-state index in [2.05, 4.69) is 4.74 Å². The van der Waals surface area contributed by atoms with Gasteiger partial charge in [0.15, 0.2) is 0 Å². The van der Waals surface area contributed by atoms with Gasteiger partial charge in [0.2, 0.25) is 9.84 Å². The number of hydrogen-bond donors (Lipinski definition) is 0. The van der Waals surface area contributed by atoms with Gasteiger partial charge in [-0.2, -0.15) is 0 Å². The van der Waals surface area contributed by atoms with E-state index in [4.69, 9.17) is 0 Å². The molecule has 19 heavy (non-hydrogen) atoms. The van der Waals surface area contributed by atoms with Gasteiger partial charge in [0, 0.05) is 0 Å². The molecule has 0 atom stereocenters. The zero-order valence-electron chi connectivity index (χ0n) is 10.5. The van der Waals surface area contributed by atoms with Crippen LogP contribution in [0.2, 0.25) is 0 Å². The number of benzene rings is 1. The van der Waals surface area contributed by atoms with Gasteiger partial charge >= 0.3 is 5.97 Å². The lowest BCUT2D eigenvalue weighted by Gasteiger charge is -2.03. The van der Waals surface area contributed by atoms with Crippen LogP contribution in [0.3, 0.4) is 0 Å². The zero-order chi connectivity index (χ0) is 14.2. The normalized spacial score (nSPS) is 15.6. The molecule has 1 aromatic carbocycles. The summed E-state index contributed by atoms with van der Waals surface area (Å²) in [6.07, 6.45) is 1.21. The quantitative estimate of drug-likeness (QED) is 0.615. The van der Waals surface area contributed by atoms with Gasteiger partial charge in [0.05, 0.1) is 11.5 Å². The summed E-state index contributed by atoms with van der Waals surface area (Å²) in [4.78, 5) is 22.7. The van der Waals surface area contributed by atoms with E-state index in [1.165, 1.54) is 12.1 Å². The van der Waals surface area contributed by atoms with Crippen LogP contribution in [0.15, 0.2) is 28.0 Å². The third kappa shape index (κ3) is 2.19. The molecule has 100 valence electrons. The second kappa shape index (κ2) is 4.62. The average Bonchev–Trinajstić information content (AvgIpc) is 2.61. The Hall–Kier alpha value is -1.95. The lowest BCUT2D eigenvalue weighted by atomic mass is 10.1. The second-order valence-corrected chi connectivity index (χ2v) is 5.99. The molecule has 0 saturated heterocycles. The number of ketones is 1. The van der Waals surface area contributed by atoms with Gasteiger partial charge in [0.25, 0.3) is 5.78 Å². The molecule has 1 aliphatic heterocycles. The summed E-state index contributed by atoms with van der Waals surface area (Å²) < 4.78 is 28.9. The van der Waals surface area contributed by atoms with E-state index in [1.807, 2.05) is 0 Å². The fourth-order valence-electron chi connectivity index (χ4n) is 1.82. The molecule has 1 aliphatic rings. The molecular formula is C13H12O5S. The maximum Gasteiger partial charge on any atom is 0.380 e. The predicted molar refractivity (Wildman–Crippen MR) is 68.0 cm³/mol. The van der Waals surface area contributed by atoms with Crippen molar-refractivity contribution in [3.05, 3.63) is 34.2 Å². The van der Waals surface area contributed by atoms with Gasteiger partial charge in [-0.25, -0.2) is 13.2 Å². The largest absolute Gasteiger partial charge is 0.460 e. The van der Waals surface area contributed by atoms with Crippen molar-refractivity contribution in [3.63, 3.8) is 0 Å². The zero-order valence-corrected chi connectivity index (χ0v) is 11.3. The SMILES string of the molecule is CCOC(=O)C(=O)C1=Cc2ccc(C)cc2S1(=O)=O. The third-order valence-corrected chi connectivity index (χ3v) is 4.53. The molecular weight excluding hydrogens is 268 g/mol. The summed E-state index contributed by atoms with van der Waals surface area (Å²) in [6, 6.07) is 4.82. The molecule has 0 amide bonds. The molecule has 0 bridgehead atoms. The van der Waals surface area contributed by atoms with E-state index in [9.17, 15) is 18.0 Å². The van der Waals surface area contributed by atoms with Crippen LogP contribution in [-0.4, -0.2) is 26.8 Å². The molecule has 0 aliphatic carbocycles. The topological polar surface area (TPSA) is 77.5 Å². The minimum atomic E-state index is -3.92. The first-order valence-corrected chi connectivity index (χ1v) is 7.15. The summed E-state index contributed by atoms with van der Waals surface area (Å²) in [5.41, 5.74) is 1.18. The van der Waals surface area contributed by atoms with Crippen molar-refractivity contribution >= 4 is 27.7 Å². The van der Waals surface area contributed by atoms with Gasteiger partial charge < -0.3 is 4.74 Å². The summed E-state index contributed by atoms with van der Waals surface area (Å²) in [6.45, 7) is 3.31. The molecule has 2 rings (SSSR count). The van der Waals surface area contributed by atoms with E-state index >= 15 is 0 Å². The Bertz CT molecular complexity index is 698. The molecule has 1 heterocycles. The van der Waals surface area contributed by atoms with Gasteiger partial charge in [-0.1, -0.05) is 12.1 Å². The standard InChI is InChI=1S/C13H12O5S/c1-3-18-13(15)12(14)11-7-9-5-4-8(2)6-10(9)19(11,16)17/h4-7H,3H2,1-2H3. The van der Waals surface area contributed by atoms with Crippen molar-refractivity contribution in [1.82, 2.24) is 0 Å². The van der Waals surface area contributed by atoms with Crippen molar-refractivity contribution in [3.8, 4) is 0 Å². The van der Waals surface area contributed by atoms with Crippen molar-refractivity contribution in [1.29, 1.82) is 0 Å². The summed E-state index contributed by atoms with van der Waals surface area (Å²) in [7, 11) is -3.92. The van der Waals surface area contributed by atoms with Crippen molar-refractivity contribution < 1.29 is 22.7 Å². The molecule has 6 heteroatoms. The Morgan fingerprint density at radius 1 is 1.26 bits per heavy atom. The monoisotopic (exact) mass is 280 g/mol. The van der Waals surface area contributed by atoms with Crippen LogP contribution in [0.1, 0.15) is 18.1 Å². The van der Waals surface area contributed by atoms with E-state index in [0.29, 0.717) is 5.56 Å².